The lowest BCUT2D eigenvalue weighted by molar-refractivity contribution is 0.635. The van der Waals surface area contributed by atoms with Crippen LogP contribution < -0.4 is 16.2 Å². The minimum Gasteiger partial charge on any atom is -0.384 e. The van der Waals surface area contributed by atoms with Crippen molar-refractivity contribution in [1.82, 2.24) is 14.8 Å². The Kier molecular flexibility index (Phi) is 4.34. The Labute approximate surface area is 117 Å². The molecule has 0 saturated heterocycles. The molecule has 0 aliphatic heterocycles. The molecule has 0 aliphatic rings. The molecule has 2 rings (SSSR count). The number of hydrogen-bond acceptors (Lipinski definition) is 5. The predicted molar refractivity (Wildman–Crippen MR) is 79.8 cm³/mol. The second-order valence-corrected chi connectivity index (χ2v) is 4.47. The third kappa shape index (κ3) is 3.14. The predicted octanol–water partition coefficient (Wildman–Crippen LogP) is 1.11. The van der Waals surface area contributed by atoms with E-state index in [1.165, 1.54) is 4.68 Å². The van der Waals surface area contributed by atoms with Crippen molar-refractivity contribution in [3.8, 4) is 0 Å². The fourth-order valence-corrected chi connectivity index (χ4v) is 2.01. The monoisotopic (exact) mass is 273 g/mol. The Hall–Kier alpha value is -2.37. The van der Waals surface area contributed by atoms with Crippen molar-refractivity contribution in [1.29, 1.82) is 0 Å². The van der Waals surface area contributed by atoms with Crippen LogP contribution in [0.1, 0.15) is 19.4 Å². The van der Waals surface area contributed by atoms with Crippen molar-refractivity contribution < 1.29 is 0 Å². The smallest absolute Gasteiger partial charge is 0.269 e. The van der Waals surface area contributed by atoms with Gasteiger partial charge < -0.3 is 10.6 Å². The van der Waals surface area contributed by atoms with Gasteiger partial charge in [0, 0.05) is 25.4 Å². The molecule has 0 aromatic carbocycles. The lowest BCUT2D eigenvalue weighted by atomic mass is 10.3. The second kappa shape index (κ2) is 6.18. The van der Waals surface area contributed by atoms with Crippen molar-refractivity contribution >= 4 is 11.5 Å². The van der Waals surface area contributed by atoms with Crippen molar-refractivity contribution in [2.24, 2.45) is 0 Å². The van der Waals surface area contributed by atoms with Crippen LogP contribution in [0.15, 0.2) is 35.4 Å². The maximum Gasteiger partial charge on any atom is 0.269 e. The maximum atomic E-state index is 12.1. The van der Waals surface area contributed by atoms with Crippen LogP contribution >= 0.6 is 0 Å². The number of aromatic nitrogens is 3. The molecule has 2 aromatic rings. The van der Waals surface area contributed by atoms with E-state index >= 15 is 0 Å². The Bertz CT molecular complexity index is 616. The van der Waals surface area contributed by atoms with E-state index in [0.29, 0.717) is 12.4 Å². The minimum atomic E-state index is -0.119. The first-order chi connectivity index (χ1) is 9.63. The number of nitrogens with zero attached hydrogens (tertiary/aromatic N) is 4. The van der Waals surface area contributed by atoms with Crippen molar-refractivity contribution in [2.75, 3.05) is 23.7 Å². The van der Waals surface area contributed by atoms with Gasteiger partial charge in [-0.1, -0.05) is 6.07 Å². The number of hydrogen-bond donors (Lipinski definition) is 1. The van der Waals surface area contributed by atoms with Crippen LogP contribution in [-0.2, 0) is 6.54 Å². The molecule has 2 heterocycles. The van der Waals surface area contributed by atoms with Crippen LogP contribution in [0, 0.1) is 0 Å². The van der Waals surface area contributed by atoms with Gasteiger partial charge in [-0.3, -0.25) is 4.79 Å². The number of nitrogens with two attached hydrogens (primary N) is 1. The highest BCUT2D eigenvalue weighted by Crippen LogP contribution is 2.09. The third-order valence-electron chi connectivity index (χ3n) is 3.16. The van der Waals surface area contributed by atoms with E-state index in [9.17, 15) is 4.79 Å². The summed E-state index contributed by atoms with van der Waals surface area (Å²) in [7, 11) is 0. The second-order valence-electron chi connectivity index (χ2n) is 4.47. The molecule has 0 fully saturated rings. The number of rotatable bonds is 5. The molecular weight excluding hydrogens is 254 g/mol. The van der Waals surface area contributed by atoms with E-state index in [4.69, 9.17) is 5.73 Å². The van der Waals surface area contributed by atoms with Gasteiger partial charge in [-0.15, -0.1) is 0 Å². The highest BCUT2D eigenvalue weighted by Gasteiger charge is 2.06. The molecule has 0 spiro atoms. The highest BCUT2D eigenvalue weighted by atomic mass is 16.1. The lowest BCUT2D eigenvalue weighted by Gasteiger charge is -2.20. The topological polar surface area (TPSA) is 77.0 Å². The van der Waals surface area contributed by atoms with E-state index in [0.717, 1.165) is 24.3 Å². The van der Waals surface area contributed by atoms with Crippen LogP contribution in [0.5, 0.6) is 0 Å². The van der Waals surface area contributed by atoms with E-state index in [-0.39, 0.29) is 5.56 Å². The molecule has 20 heavy (non-hydrogen) atoms. The van der Waals surface area contributed by atoms with Gasteiger partial charge in [-0.05, 0) is 25.5 Å². The number of pyridine rings is 1. The lowest BCUT2D eigenvalue weighted by Crippen LogP contribution is -2.28. The molecule has 0 atom stereocenters. The summed E-state index contributed by atoms with van der Waals surface area (Å²) in [5, 5.41) is 4.22. The molecule has 6 heteroatoms. The summed E-state index contributed by atoms with van der Waals surface area (Å²) in [6.45, 7) is 6.20. The first kappa shape index (κ1) is 14.0. The average molecular weight is 273 g/mol. The van der Waals surface area contributed by atoms with Crippen molar-refractivity contribution in [2.45, 2.75) is 20.4 Å². The summed E-state index contributed by atoms with van der Waals surface area (Å²) in [4.78, 5) is 18.2. The van der Waals surface area contributed by atoms with E-state index in [1.54, 1.807) is 24.5 Å². The Morgan fingerprint density at radius 3 is 2.55 bits per heavy atom. The van der Waals surface area contributed by atoms with Crippen LogP contribution in [-0.4, -0.2) is 27.9 Å². The summed E-state index contributed by atoms with van der Waals surface area (Å²) in [6, 6.07) is 5.17. The van der Waals surface area contributed by atoms with Gasteiger partial charge >= 0.3 is 0 Å². The Balaban J connectivity index is 2.22. The van der Waals surface area contributed by atoms with E-state index < -0.39 is 0 Å². The molecule has 2 aromatic heterocycles. The fourth-order valence-electron chi connectivity index (χ4n) is 2.01. The third-order valence-corrected chi connectivity index (χ3v) is 3.16. The summed E-state index contributed by atoms with van der Waals surface area (Å²) >= 11 is 0. The van der Waals surface area contributed by atoms with Gasteiger partial charge in [0.25, 0.3) is 5.56 Å². The zero-order chi connectivity index (χ0) is 14.5. The van der Waals surface area contributed by atoms with Crippen LogP contribution in [0.2, 0.25) is 0 Å². The quantitative estimate of drug-likeness (QED) is 0.883. The Morgan fingerprint density at radius 1 is 1.25 bits per heavy atom. The number of anilines is 2. The normalized spacial score (nSPS) is 10.5. The molecule has 0 bridgehead atoms. The van der Waals surface area contributed by atoms with Crippen molar-refractivity contribution in [3.63, 3.8) is 0 Å². The zero-order valence-corrected chi connectivity index (χ0v) is 11.8. The first-order valence-corrected chi connectivity index (χ1v) is 6.66. The van der Waals surface area contributed by atoms with Gasteiger partial charge in [0.1, 0.15) is 5.82 Å². The molecule has 0 saturated carbocycles. The van der Waals surface area contributed by atoms with Gasteiger partial charge in [0.05, 0.1) is 18.4 Å². The largest absolute Gasteiger partial charge is 0.384 e. The minimum absolute atomic E-state index is 0.119. The molecular formula is C14H19N5O. The molecule has 0 radical (unpaired) electrons. The molecule has 0 aliphatic carbocycles. The van der Waals surface area contributed by atoms with E-state index in [1.807, 2.05) is 6.07 Å². The average Bonchev–Trinajstić information content (AvgIpc) is 2.45. The molecule has 106 valence electrons. The molecule has 2 N–H and O–H groups in total. The van der Waals surface area contributed by atoms with Crippen LogP contribution in [0.3, 0.4) is 0 Å². The standard InChI is InChI=1S/C14H19N5O/c1-3-18(4-2)12-7-14(20)19(17-9-12)10-11-5-6-13(15)16-8-11/h5-9H,3-4,10H2,1-2H3,(H2,15,16). The molecule has 0 amide bonds. The number of nitrogen functional groups attached to an aromatic ring is 1. The van der Waals surface area contributed by atoms with E-state index in [2.05, 4.69) is 28.8 Å². The van der Waals surface area contributed by atoms with Crippen LogP contribution in [0.4, 0.5) is 11.5 Å². The fraction of sp³-hybridized carbons (Fsp3) is 0.357. The highest BCUT2D eigenvalue weighted by molar-refractivity contribution is 5.42. The van der Waals surface area contributed by atoms with Gasteiger partial charge in [0.15, 0.2) is 0 Å². The first-order valence-electron chi connectivity index (χ1n) is 6.66. The Morgan fingerprint density at radius 2 is 2.00 bits per heavy atom. The van der Waals surface area contributed by atoms with Gasteiger partial charge in [-0.25, -0.2) is 9.67 Å². The SMILES string of the molecule is CCN(CC)c1cnn(Cc2ccc(N)nc2)c(=O)c1. The molecule has 0 unspecified atom stereocenters. The summed E-state index contributed by atoms with van der Waals surface area (Å²) in [5.41, 5.74) is 7.16. The van der Waals surface area contributed by atoms with Crippen molar-refractivity contribution in [3.05, 3.63) is 46.5 Å². The summed E-state index contributed by atoms with van der Waals surface area (Å²) in [6.07, 6.45) is 3.38. The van der Waals surface area contributed by atoms with Gasteiger partial charge in [-0.2, -0.15) is 5.10 Å². The summed E-state index contributed by atoms with van der Waals surface area (Å²) < 4.78 is 1.42. The zero-order valence-electron chi connectivity index (χ0n) is 11.8. The summed E-state index contributed by atoms with van der Waals surface area (Å²) in [5.74, 6) is 0.464. The van der Waals surface area contributed by atoms with Gasteiger partial charge in [0.2, 0.25) is 0 Å². The molecule has 6 nitrogen and oxygen atoms in total. The van der Waals surface area contributed by atoms with Crippen LogP contribution in [0.25, 0.3) is 0 Å². The maximum absolute atomic E-state index is 12.1.